The summed E-state index contributed by atoms with van der Waals surface area (Å²) in [7, 11) is 0. The predicted octanol–water partition coefficient (Wildman–Crippen LogP) is 3.97. The molecule has 164 valence electrons. The first-order valence-corrected chi connectivity index (χ1v) is 11.5. The zero-order chi connectivity index (χ0) is 22.4. The van der Waals surface area contributed by atoms with Gasteiger partial charge in [0.25, 0.3) is 11.6 Å². The molecule has 1 fully saturated rings. The van der Waals surface area contributed by atoms with E-state index in [2.05, 4.69) is 20.8 Å². The zero-order valence-electron chi connectivity index (χ0n) is 17.0. The van der Waals surface area contributed by atoms with E-state index in [1.807, 2.05) is 24.3 Å². The van der Waals surface area contributed by atoms with Crippen molar-refractivity contribution in [3.8, 4) is 0 Å². The summed E-state index contributed by atoms with van der Waals surface area (Å²) >= 11 is 4.50. The van der Waals surface area contributed by atoms with Crippen LogP contribution in [0, 0.1) is 10.1 Å². The number of hydrogen-bond acceptors (Lipinski definition) is 7. The van der Waals surface area contributed by atoms with E-state index in [0.29, 0.717) is 31.1 Å². The predicted molar refractivity (Wildman–Crippen MR) is 123 cm³/mol. The van der Waals surface area contributed by atoms with Gasteiger partial charge in [0, 0.05) is 48.0 Å². The van der Waals surface area contributed by atoms with Crippen molar-refractivity contribution in [2.24, 2.45) is 0 Å². The first-order valence-electron chi connectivity index (χ1n) is 9.75. The van der Waals surface area contributed by atoms with Crippen LogP contribution in [0.4, 0.5) is 11.4 Å². The molecule has 1 aliphatic rings. The fraction of sp³-hybridized carbons (Fsp3) is 0.333. The normalized spacial score (nSPS) is 13.7. The third-order valence-electron chi connectivity index (χ3n) is 4.79. The Morgan fingerprint density at radius 2 is 1.90 bits per heavy atom. The Hall–Kier alpha value is -2.59. The van der Waals surface area contributed by atoms with Gasteiger partial charge in [-0.1, -0.05) is 22.0 Å². The lowest BCUT2D eigenvalue weighted by molar-refractivity contribution is -0.387. The minimum Gasteiger partial charge on any atom is -0.465 e. The molecule has 2 aromatic carbocycles. The summed E-state index contributed by atoms with van der Waals surface area (Å²) in [6.45, 7) is 4.36. The summed E-state index contributed by atoms with van der Waals surface area (Å²) in [4.78, 5) is 39.7. The number of piperazine rings is 1. The number of nitro benzene ring substituents is 1. The van der Waals surface area contributed by atoms with Crippen molar-refractivity contribution < 1.29 is 19.2 Å². The summed E-state index contributed by atoms with van der Waals surface area (Å²) in [5.74, 6) is -0.705. The van der Waals surface area contributed by atoms with Crippen LogP contribution in [0.5, 0.6) is 0 Å². The number of nitro groups is 1. The van der Waals surface area contributed by atoms with Crippen LogP contribution in [-0.2, 0) is 9.53 Å². The fourth-order valence-corrected chi connectivity index (χ4v) is 4.47. The molecule has 0 aromatic heterocycles. The highest BCUT2D eigenvalue weighted by Gasteiger charge is 2.25. The SMILES string of the molecule is CCOC(=O)CSc1ccc(C(=O)N2CCN(c3cccc(Br)c3)CC2)cc1[N+](=O)[O-]. The average molecular weight is 508 g/mol. The number of carbonyl (C=O) groups excluding carboxylic acids is 2. The van der Waals surface area contributed by atoms with Gasteiger partial charge < -0.3 is 14.5 Å². The number of halogens is 1. The van der Waals surface area contributed by atoms with Crippen molar-refractivity contribution >= 4 is 50.9 Å². The molecule has 0 N–H and O–H groups in total. The second kappa shape index (κ2) is 10.6. The molecule has 1 heterocycles. The molecule has 31 heavy (non-hydrogen) atoms. The lowest BCUT2D eigenvalue weighted by Crippen LogP contribution is -2.48. The molecule has 10 heteroatoms. The molecule has 3 rings (SSSR count). The highest BCUT2D eigenvalue weighted by atomic mass is 79.9. The molecule has 0 atom stereocenters. The van der Waals surface area contributed by atoms with Crippen molar-refractivity contribution in [3.05, 3.63) is 62.6 Å². The quantitative estimate of drug-likeness (QED) is 0.242. The highest BCUT2D eigenvalue weighted by Crippen LogP contribution is 2.31. The van der Waals surface area contributed by atoms with Crippen molar-refractivity contribution in [1.82, 2.24) is 4.90 Å². The number of thioether (sulfide) groups is 1. The van der Waals surface area contributed by atoms with E-state index in [0.717, 1.165) is 21.9 Å². The van der Waals surface area contributed by atoms with E-state index in [1.165, 1.54) is 12.1 Å². The highest BCUT2D eigenvalue weighted by molar-refractivity contribution is 9.10. The van der Waals surface area contributed by atoms with E-state index >= 15 is 0 Å². The number of rotatable bonds is 7. The Morgan fingerprint density at radius 3 is 2.55 bits per heavy atom. The maximum absolute atomic E-state index is 12.9. The second-order valence-electron chi connectivity index (χ2n) is 6.79. The third kappa shape index (κ3) is 5.98. The van der Waals surface area contributed by atoms with Crippen LogP contribution in [0.15, 0.2) is 51.8 Å². The largest absolute Gasteiger partial charge is 0.465 e. The zero-order valence-corrected chi connectivity index (χ0v) is 19.4. The van der Waals surface area contributed by atoms with E-state index in [1.54, 1.807) is 17.9 Å². The van der Waals surface area contributed by atoms with Crippen molar-refractivity contribution in [2.45, 2.75) is 11.8 Å². The summed E-state index contributed by atoms with van der Waals surface area (Å²) in [6.07, 6.45) is 0. The van der Waals surface area contributed by atoms with Crippen molar-refractivity contribution in [2.75, 3.05) is 43.4 Å². The number of anilines is 1. The minimum atomic E-state index is -0.532. The Bertz CT molecular complexity index is 979. The number of amides is 1. The molecule has 1 aliphatic heterocycles. The molecule has 0 spiro atoms. The van der Waals surface area contributed by atoms with E-state index in [9.17, 15) is 19.7 Å². The first-order chi connectivity index (χ1) is 14.9. The molecule has 0 unspecified atom stereocenters. The second-order valence-corrected chi connectivity index (χ2v) is 8.73. The van der Waals surface area contributed by atoms with Crippen LogP contribution < -0.4 is 4.90 Å². The van der Waals surface area contributed by atoms with Crippen LogP contribution in [0.3, 0.4) is 0 Å². The van der Waals surface area contributed by atoms with Crippen LogP contribution in [-0.4, -0.2) is 60.2 Å². The van der Waals surface area contributed by atoms with Gasteiger partial charge >= 0.3 is 5.97 Å². The molecular formula is C21H22BrN3O5S. The van der Waals surface area contributed by atoms with Crippen LogP contribution >= 0.6 is 27.7 Å². The minimum absolute atomic E-state index is 0.0282. The van der Waals surface area contributed by atoms with Crippen molar-refractivity contribution in [1.29, 1.82) is 0 Å². The Balaban J connectivity index is 1.67. The molecule has 0 bridgehead atoms. The van der Waals surface area contributed by atoms with Crippen LogP contribution in [0.1, 0.15) is 17.3 Å². The van der Waals surface area contributed by atoms with Gasteiger partial charge in [0.15, 0.2) is 0 Å². The maximum atomic E-state index is 12.9. The van der Waals surface area contributed by atoms with Crippen LogP contribution in [0.25, 0.3) is 0 Å². The third-order valence-corrected chi connectivity index (χ3v) is 6.32. The van der Waals surface area contributed by atoms with E-state index in [-0.39, 0.29) is 29.5 Å². The summed E-state index contributed by atoms with van der Waals surface area (Å²) in [5.41, 5.74) is 1.16. The standard InChI is InChI=1S/C21H22BrN3O5S/c1-2-30-20(26)14-31-19-7-6-15(12-18(19)25(28)29)21(27)24-10-8-23(9-11-24)17-5-3-4-16(22)13-17/h3-7,12-13H,2,8-11,14H2,1H3. The number of ether oxygens (including phenoxy) is 1. The monoisotopic (exact) mass is 507 g/mol. The molecule has 1 saturated heterocycles. The number of esters is 1. The van der Waals surface area contributed by atoms with Gasteiger partial charge in [-0.05, 0) is 37.3 Å². The van der Waals surface area contributed by atoms with E-state index in [4.69, 9.17) is 4.74 Å². The van der Waals surface area contributed by atoms with Crippen LogP contribution in [0.2, 0.25) is 0 Å². The number of carbonyl (C=O) groups is 2. The lowest BCUT2D eigenvalue weighted by Gasteiger charge is -2.36. The first kappa shape index (κ1) is 23.1. The van der Waals surface area contributed by atoms with Crippen molar-refractivity contribution in [3.63, 3.8) is 0 Å². The Morgan fingerprint density at radius 1 is 1.16 bits per heavy atom. The van der Waals surface area contributed by atoms with Gasteiger partial charge in [-0.3, -0.25) is 19.7 Å². The summed E-state index contributed by atoms with van der Waals surface area (Å²) < 4.78 is 5.85. The number of nitrogens with zero attached hydrogens (tertiary/aromatic N) is 3. The topological polar surface area (TPSA) is 93.0 Å². The smallest absolute Gasteiger partial charge is 0.316 e. The fourth-order valence-electron chi connectivity index (χ4n) is 3.28. The summed E-state index contributed by atoms with van der Waals surface area (Å²) in [5, 5.41) is 11.5. The van der Waals surface area contributed by atoms with Gasteiger partial charge in [0.05, 0.1) is 22.2 Å². The van der Waals surface area contributed by atoms with E-state index < -0.39 is 10.9 Å². The molecule has 0 radical (unpaired) electrons. The molecule has 8 nitrogen and oxygen atoms in total. The molecule has 0 saturated carbocycles. The molecule has 0 aliphatic carbocycles. The maximum Gasteiger partial charge on any atom is 0.316 e. The van der Waals surface area contributed by atoms with Gasteiger partial charge in [0.1, 0.15) is 0 Å². The average Bonchev–Trinajstić information content (AvgIpc) is 2.77. The molecule has 1 amide bonds. The Kier molecular flexibility index (Phi) is 7.91. The van der Waals surface area contributed by atoms with Gasteiger partial charge in [-0.2, -0.15) is 0 Å². The summed E-state index contributed by atoms with van der Waals surface area (Å²) in [6, 6.07) is 12.4. The molecular weight excluding hydrogens is 486 g/mol. The Labute approximate surface area is 192 Å². The number of benzene rings is 2. The van der Waals surface area contributed by atoms with Gasteiger partial charge in [-0.15, -0.1) is 11.8 Å². The van der Waals surface area contributed by atoms with Gasteiger partial charge in [-0.25, -0.2) is 0 Å². The number of hydrogen-bond donors (Lipinski definition) is 0. The molecule has 2 aromatic rings. The lowest BCUT2D eigenvalue weighted by atomic mass is 10.1. The van der Waals surface area contributed by atoms with Gasteiger partial charge in [0.2, 0.25) is 0 Å².